The minimum absolute atomic E-state index is 0.710. The van der Waals surface area contributed by atoms with Crippen molar-refractivity contribution in [1.82, 2.24) is 5.32 Å². The van der Waals surface area contributed by atoms with Crippen LogP contribution in [0.4, 0.5) is 5.69 Å². The van der Waals surface area contributed by atoms with Crippen molar-refractivity contribution < 1.29 is 4.74 Å². The fourth-order valence-corrected chi connectivity index (χ4v) is 3.11. The van der Waals surface area contributed by atoms with E-state index in [4.69, 9.17) is 4.74 Å². The van der Waals surface area contributed by atoms with Crippen LogP contribution in [0.15, 0.2) is 48.5 Å². The van der Waals surface area contributed by atoms with Gasteiger partial charge >= 0.3 is 0 Å². The molecule has 2 aromatic rings. The lowest BCUT2D eigenvalue weighted by Gasteiger charge is -2.22. The standard InChI is InChI=1S/C20H26N2O/c1-2-23-20-14-18(10-11-19(20)22-12-6-7-13-22)16-21-15-17-8-4-3-5-9-17/h3-5,8-11,14,21H,2,6-7,12-13,15-16H2,1H3. The van der Waals surface area contributed by atoms with E-state index in [1.54, 1.807) is 0 Å². The van der Waals surface area contributed by atoms with Crippen LogP contribution >= 0.6 is 0 Å². The number of ether oxygens (including phenoxy) is 1. The van der Waals surface area contributed by atoms with Gasteiger partial charge in [-0.3, -0.25) is 0 Å². The van der Waals surface area contributed by atoms with Crippen LogP contribution in [0.5, 0.6) is 5.75 Å². The lowest BCUT2D eigenvalue weighted by molar-refractivity contribution is 0.340. The summed E-state index contributed by atoms with van der Waals surface area (Å²) in [6.45, 7) is 6.79. The minimum atomic E-state index is 0.710. The van der Waals surface area contributed by atoms with Crippen molar-refractivity contribution in [3.05, 3.63) is 59.7 Å². The second kappa shape index (κ2) is 8.02. The first kappa shape index (κ1) is 15.9. The molecule has 0 spiro atoms. The number of rotatable bonds is 7. The van der Waals surface area contributed by atoms with Gasteiger partial charge < -0.3 is 15.0 Å². The quantitative estimate of drug-likeness (QED) is 0.837. The Morgan fingerprint density at radius 2 is 1.70 bits per heavy atom. The molecule has 23 heavy (non-hydrogen) atoms. The smallest absolute Gasteiger partial charge is 0.142 e. The van der Waals surface area contributed by atoms with E-state index in [2.05, 4.69) is 58.7 Å². The van der Waals surface area contributed by atoms with Crippen LogP contribution in [0.25, 0.3) is 0 Å². The summed E-state index contributed by atoms with van der Waals surface area (Å²) in [5, 5.41) is 3.51. The number of benzene rings is 2. The van der Waals surface area contributed by atoms with Crippen molar-refractivity contribution in [3.63, 3.8) is 0 Å². The van der Waals surface area contributed by atoms with E-state index in [1.165, 1.54) is 29.7 Å². The highest BCUT2D eigenvalue weighted by molar-refractivity contribution is 5.60. The van der Waals surface area contributed by atoms with Gasteiger partial charge in [0, 0.05) is 26.2 Å². The maximum absolute atomic E-state index is 5.89. The van der Waals surface area contributed by atoms with Gasteiger partial charge in [0.2, 0.25) is 0 Å². The summed E-state index contributed by atoms with van der Waals surface area (Å²) in [5.41, 5.74) is 3.83. The highest BCUT2D eigenvalue weighted by Crippen LogP contribution is 2.32. The topological polar surface area (TPSA) is 24.5 Å². The molecule has 1 saturated heterocycles. The predicted molar refractivity (Wildman–Crippen MR) is 96.0 cm³/mol. The molecule has 3 rings (SSSR count). The molecule has 2 aromatic carbocycles. The minimum Gasteiger partial charge on any atom is -0.492 e. The summed E-state index contributed by atoms with van der Waals surface area (Å²) >= 11 is 0. The Bertz CT molecular complexity index is 606. The Morgan fingerprint density at radius 1 is 0.957 bits per heavy atom. The van der Waals surface area contributed by atoms with Crippen LogP contribution in [0.1, 0.15) is 30.9 Å². The molecule has 3 heteroatoms. The van der Waals surface area contributed by atoms with Crippen LogP contribution in [-0.4, -0.2) is 19.7 Å². The molecule has 0 atom stereocenters. The van der Waals surface area contributed by atoms with E-state index >= 15 is 0 Å². The van der Waals surface area contributed by atoms with Gasteiger partial charge in [0.1, 0.15) is 5.75 Å². The molecule has 0 radical (unpaired) electrons. The molecule has 1 aliphatic heterocycles. The first-order valence-corrected chi connectivity index (χ1v) is 8.62. The number of anilines is 1. The van der Waals surface area contributed by atoms with E-state index in [-0.39, 0.29) is 0 Å². The second-order valence-corrected chi connectivity index (χ2v) is 6.02. The first-order chi connectivity index (χ1) is 11.4. The molecule has 1 aliphatic rings. The Labute approximate surface area is 139 Å². The van der Waals surface area contributed by atoms with Crippen LogP contribution in [0.3, 0.4) is 0 Å². The fraction of sp³-hybridized carbons (Fsp3) is 0.400. The lowest BCUT2D eigenvalue weighted by Crippen LogP contribution is -2.19. The van der Waals surface area contributed by atoms with Gasteiger partial charge in [0.25, 0.3) is 0 Å². The molecule has 122 valence electrons. The Balaban J connectivity index is 1.64. The highest BCUT2D eigenvalue weighted by atomic mass is 16.5. The molecule has 3 nitrogen and oxygen atoms in total. The fourth-order valence-electron chi connectivity index (χ4n) is 3.11. The molecule has 1 N–H and O–H groups in total. The molecule has 0 saturated carbocycles. The van der Waals surface area contributed by atoms with Crippen molar-refractivity contribution in [3.8, 4) is 5.75 Å². The Morgan fingerprint density at radius 3 is 2.43 bits per heavy atom. The molecule has 0 amide bonds. The first-order valence-electron chi connectivity index (χ1n) is 8.62. The van der Waals surface area contributed by atoms with Crippen molar-refractivity contribution in [2.45, 2.75) is 32.9 Å². The highest BCUT2D eigenvalue weighted by Gasteiger charge is 2.16. The zero-order chi connectivity index (χ0) is 15.9. The summed E-state index contributed by atoms with van der Waals surface area (Å²) in [6, 6.07) is 17.1. The molecule has 1 heterocycles. The molecule has 0 aliphatic carbocycles. The SMILES string of the molecule is CCOc1cc(CNCc2ccccc2)ccc1N1CCCC1. The van der Waals surface area contributed by atoms with Crippen LogP contribution in [0.2, 0.25) is 0 Å². The predicted octanol–water partition coefficient (Wildman–Crippen LogP) is 3.98. The lowest BCUT2D eigenvalue weighted by atomic mass is 10.1. The van der Waals surface area contributed by atoms with E-state index in [0.29, 0.717) is 6.61 Å². The summed E-state index contributed by atoms with van der Waals surface area (Å²) in [5.74, 6) is 1.02. The van der Waals surface area contributed by atoms with Crippen molar-refractivity contribution in [1.29, 1.82) is 0 Å². The Hall–Kier alpha value is -2.00. The van der Waals surface area contributed by atoms with Crippen LogP contribution < -0.4 is 15.0 Å². The number of nitrogens with one attached hydrogen (secondary N) is 1. The van der Waals surface area contributed by atoms with E-state index in [1.807, 2.05) is 6.92 Å². The number of hydrogen-bond donors (Lipinski definition) is 1. The zero-order valence-electron chi connectivity index (χ0n) is 13.9. The monoisotopic (exact) mass is 310 g/mol. The molecule has 0 aromatic heterocycles. The maximum Gasteiger partial charge on any atom is 0.142 e. The third-order valence-corrected chi connectivity index (χ3v) is 4.27. The molecular weight excluding hydrogens is 284 g/mol. The molecular formula is C20H26N2O. The largest absolute Gasteiger partial charge is 0.492 e. The van der Waals surface area contributed by atoms with Gasteiger partial charge in [-0.05, 0) is 43.0 Å². The van der Waals surface area contributed by atoms with E-state index in [9.17, 15) is 0 Å². The van der Waals surface area contributed by atoms with E-state index in [0.717, 1.165) is 31.9 Å². The van der Waals surface area contributed by atoms with Crippen LogP contribution in [0, 0.1) is 0 Å². The average molecular weight is 310 g/mol. The zero-order valence-corrected chi connectivity index (χ0v) is 13.9. The number of hydrogen-bond acceptors (Lipinski definition) is 3. The van der Waals surface area contributed by atoms with Gasteiger partial charge in [-0.25, -0.2) is 0 Å². The van der Waals surface area contributed by atoms with Crippen molar-refractivity contribution in [2.75, 3.05) is 24.6 Å². The van der Waals surface area contributed by atoms with Crippen LogP contribution in [-0.2, 0) is 13.1 Å². The van der Waals surface area contributed by atoms with Gasteiger partial charge in [-0.1, -0.05) is 36.4 Å². The second-order valence-electron chi connectivity index (χ2n) is 6.02. The van der Waals surface area contributed by atoms with Gasteiger partial charge in [0.05, 0.1) is 12.3 Å². The molecule has 0 bridgehead atoms. The van der Waals surface area contributed by atoms with Crippen molar-refractivity contribution in [2.24, 2.45) is 0 Å². The number of nitrogens with zero attached hydrogens (tertiary/aromatic N) is 1. The normalized spacial score (nSPS) is 14.2. The van der Waals surface area contributed by atoms with Gasteiger partial charge in [-0.15, -0.1) is 0 Å². The van der Waals surface area contributed by atoms with E-state index < -0.39 is 0 Å². The third-order valence-electron chi connectivity index (χ3n) is 4.27. The summed E-state index contributed by atoms with van der Waals surface area (Å²) in [6.07, 6.45) is 2.57. The maximum atomic E-state index is 5.89. The third kappa shape index (κ3) is 4.26. The molecule has 1 fully saturated rings. The summed E-state index contributed by atoms with van der Waals surface area (Å²) < 4.78 is 5.89. The van der Waals surface area contributed by atoms with Gasteiger partial charge in [-0.2, -0.15) is 0 Å². The van der Waals surface area contributed by atoms with Crippen molar-refractivity contribution >= 4 is 5.69 Å². The summed E-state index contributed by atoms with van der Waals surface area (Å²) in [7, 11) is 0. The van der Waals surface area contributed by atoms with Gasteiger partial charge in [0.15, 0.2) is 0 Å². The Kier molecular flexibility index (Phi) is 5.54. The average Bonchev–Trinajstić information content (AvgIpc) is 3.11. The molecule has 0 unspecified atom stereocenters. The summed E-state index contributed by atoms with van der Waals surface area (Å²) in [4.78, 5) is 2.44.